The molecule has 0 fully saturated rings. The van der Waals surface area contributed by atoms with Crippen LogP contribution in [0.2, 0.25) is 0 Å². The molecule has 2 rings (SSSR count). The summed E-state index contributed by atoms with van der Waals surface area (Å²) in [5.74, 6) is 0.858. The number of benzene rings is 1. The Morgan fingerprint density at radius 2 is 2.00 bits per heavy atom. The van der Waals surface area contributed by atoms with Gasteiger partial charge in [-0.25, -0.2) is 4.98 Å². The number of ether oxygens (including phenoxy) is 1. The molecule has 16 heavy (non-hydrogen) atoms. The van der Waals surface area contributed by atoms with Crippen molar-refractivity contribution in [2.75, 3.05) is 7.11 Å². The standard InChI is InChI=1S/C12H11NO2S/c1-15-12-8-11(5-6-13-12)16-10-4-2-3-9(14)7-10/h2-8,14H,1H3. The van der Waals surface area contributed by atoms with E-state index in [0.717, 1.165) is 9.79 Å². The molecule has 4 heteroatoms. The first-order valence-electron chi connectivity index (χ1n) is 4.75. The van der Waals surface area contributed by atoms with Gasteiger partial charge in [-0.15, -0.1) is 0 Å². The molecule has 82 valence electrons. The summed E-state index contributed by atoms with van der Waals surface area (Å²) in [5, 5.41) is 9.34. The van der Waals surface area contributed by atoms with Crippen LogP contribution in [0.3, 0.4) is 0 Å². The van der Waals surface area contributed by atoms with Crippen LogP contribution in [-0.4, -0.2) is 17.2 Å². The molecule has 0 aliphatic heterocycles. The summed E-state index contributed by atoms with van der Waals surface area (Å²) in [6.45, 7) is 0. The smallest absolute Gasteiger partial charge is 0.214 e. The van der Waals surface area contributed by atoms with Gasteiger partial charge in [-0.3, -0.25) is 0 Å². The first-order valence-corrected chi connectivity index (χ1v) is 5.56. The lowest BCUT2D eigenvalue weighted by Crippen LogP contribution is -1.86. The lowest BCUT2D eigenvalue weighted by atomic mass is 10.3. The van der Waals surface area contributed by atoms with Gasteiger partial charge in [0.15, 0.2) is 0 Å². The lowest BCUT2D eigenvalue weighted by molar-refractivity contribution is 0.396. The molecule has 0 radical (unpaired) electrons. The van der Waals surface area contributed by atoms with Crippen molar-refractivity contribution in [2.45, 2.75) is 9.79 Å². The van der Waals surface area contributed by atoms with Crippen LogP contribution in [0.15, 0.2) is 52.4 Å². The molecule has 0 saturated carbocycles. The fourth-order valence-electron chi connectivity index (χ4n) is 1.25. The van der Waals surface area contributed by atoms with Gasteiger partial charge < -0.3 is 9.84 Å². The highest BCUT2D eigenvalue weighted by atomic mass is 32.2. The van der Waals surface area contributed by atoms with Crippen molar-refractivity contribution in [3.8, 4) is 11.6 Å². The number of aromatic hydroxyl groups is 1. The quantitative estimate of drug-likeness (QED) is 0.885. The largest absolute Gasteiger partial charge is 0.508 e. The van der Waals surface area contributed by atoms with E-state index in [2.05, 4.69) is 4.98 Å². The summed E-state index contributed by atoms with van der Waals surface area (Å²) in [6.07, 6.45) is 1.70. The second-order valence-corrected chi connectivity index (χ2v) is 4.28. The lowest BCUT2D eigenvalue weighted by Gasteiger charge is -2.03. The molecule has 0 amide bonds. The minimum atomic E-state index is 0.269. The average Bonchev–Trinajstić information content (AvgIpc) is 2.29. The molecule has 1 aromatic carbocycles. The molecule has 0 unspecified atom stereocenters. The number of phenolic OH excluding ortho intramolecular Hbond substituents is 1. The van der Waals surface area contributed by atoms with E-state index in [0.29, 0.717) is 5.88 Å². The van der Waals surface area contributed by atoms with Gasteiger partial charge in [0.05, 0.1) is 7.11 Å². The third kappa shape index (κ3) is 2.67. The van der Waals surface area contributed by atoms with Gasteiger partial charge in [0, 0.05) is 22.1 Å². The maximum atomic E-state index is 9.34. The third-order valence-electron chi connectivity index (χ3n) is 1.97. The van der Waals surface area contributed by atoms with Crippen LogP contribution < -0.4 is 4.74 Å². The summed E-state index contributed by atoms with van der Waals surface area (Å²) in [7, 11) is 1.59. The topological polar surface area (TPSA) is 42.4 Å². The first-order chi connectivity index (χ1) is 7.78. The maximum absolute atomic E-state index is 9.34. The predicted octanol–water partition coefficient (Wildman–Crippen LogP) is 2.95. The van der Waals surface area contributed by atoms with Crippen LogP contribution in [0.25, 0.3) is 0 Å². The van der Waals surface area contributed by atoms with E-state index in [1.54, 1.807) is 37.2 Å². The van der Waals surface area contributed by atoms with Crippen molar-refractivity contribution >= 4 is 11.8 Å². The monoisotopic (exact) mass is 233 g/mol. The minimum absolute atomic E-state index is 0.269. The molecule has 0 aliphatic carbocycles. The van der Waals surface area contributed by atoms with Crippen LogP contribution >= 0.6 is 11.8 Å². The highest BCUT2D eigenvalue weighted by molar-refractivity contribution is 7.99. The van der Waals surface area contributed by atoms with Crippen molar-refractivity contribution in [1.82, 2.24) is 4.98 Å². The molecule has 2 aromatic rings. The number of pyridine rings is 1. The van der Waals surface area contributed by atoms with Gasteiger partial charge in [0.1, 0.15) is 5.75 Å². The highest BCUT2D eigenvalue weighted by Crippen LogP contribution is 2.30. The van der Waals surface area contributed by atoms with E-state index in [1.165, 1.54) is 0 Å². The number of rotatable bonds is 3. The van der Waals surface area contributed by atoms with Gasteiger partial charge in [0.2, 0.25) is 5.88 Å². The van der Waals surface area contributed by atoms with Gasteiger partial charge in [-0.1, -0.05) is 17.8 Å². The molecule has 0 bridgehead atoms. The van der Waals surface area contributed by atoms with Gasteiger partial charge in [-0.05, 0) is 24.3 Å². The molecular weight excluding hydrogens is 222 g/mol. The van der Waals surface area contributed by atoms with Gasteiger partial charge >= 0.3 is 0 Å². The molecule has 0 aliphatic rings. The van der Waals surface area contributed by atoms with E-state index in [-0.39, 0.29) is 5.75 Å². The minimum Gasteiger partial charge on any atom is -0.508 e. The molecule has 1 heterocycles. The van der Waals surface area contributed by atoms with Gasteiger partial charge in [0.25, 0.3) is 0 Å². The number of hydrogen-bond acceptors (Lipinski definition) is 4. The zero-order valence-corrected chi connectivity index (χ0v) is 9.57. The number of hydrogen-bond donors (Lipinski definition) is 1. The maximum Gasteiger partial charge on any atom is 0.214 e. The summed E-state index contributed by atoms with van der Waals surface area (Å²) >= 11 is 1.55. The molecule has 1 N–H and O–H groups in total. The van der Waals surface area contributed by atoms with Crippen molar-refractivity contribution < 1.29 is 9.84 Å². The van der Waals surface area contributed by atoms with Crippen molar-refractivity contribution in [3.05, 3.63) is 42.6 Å². The summed E-state index contributed by atoms with van der Waals surface area (Å²) in [5.41, 5.74) is 0. The van der Waals surface area contributed by atoms with Crippen LogP contribution in [0, 0.1) is 0 Å². The fraction of sp³-hybridized carbons (Fsp3) is 0.0833. The van der Waals surface area contributed by atoms with Crippen LogP contribution in [0.5, 0.6) is 11.6 Å². The summed E-state index contributed by atoms with van der Waals surface area (Å²) < 4.78 is 5.04. The Hall–Kier alpha value is -1.68. The number of methoxy groups -OCH3 is 1. The fourth-order valence-corrected chi connectivity index (χ4v) is 2.14. The van der Waals surface area contributed by atoms with Crippen molar-refractivity contribution in [3.63, 3.8) is 0 Å². The van der Waals surface area contributed by atoms with E-state index < -0.39 is 0 Å². The normalized spacial score (nSPS) is 10.1. The SMILES string of the molecule is COc1cc(Sc2cccc(O)c2)ccn1. The van der Waals surface area contributed by atoms with E-state index in [9.17, 15) is 5.11 Å². The second kappa shape index (κ2) is 4.90. The Morgan fingerprint density at radius 1 is 1.19 bits per heavy atom. The Balaban J connectivity index is 2.20. The van der Waals surface area contributed by atoms with Crippen LogP contribution in [0.1, 0.15) is 0 Å². The Kier molecular flexibility index (Phi) is 3.31. The van der Waals surface area contributed by atoms with Crippen molar-refractivity contribution in [2.24, 2.45) is 0 Å². The highest BCUT2D eigenvalue weighted by Gasteiger charge is 2.00. The van der Waals surface area contributed by atoms with Crippen LogP contribution in [-0.2, 0) is 0 Å². The zero-order valence-electron chi connectivity index (χ0n) is 8.75. The Morgan fingerprint density at radius 3 is 2.75 bits per heavy atom. The molecule has 0 saturated heterocycles. The van der Waals surface area contributed by atoms with E-state index >= 15 is 0 Å². The Bertz CT molecular complexity index is 488. The molecule has 1 aromatic heterocycles. The summed E-state index contributed by atoms with van der Waals surface area (Å²) in [4.78, 5) is 6.04. The molecular formula is C12H11NO2S. The average molecular weight is 233 g/mol. The molecule has 0 atom stereocenters. The number of nitrogens with zero attached hydrogens (tertiary/aromatic N) is 1. The second-order valence-electron chi connectivity index (χ2n) is 3.13. The van der Waals surface area contributed by atoms with Gasteiger partial charge in [-0.2, -0.15) is 0 Å². The molecule has 0 spiro atoms. The number of aromatic nitrogens is 1. The van der Waals surface area contributed by atoms with E-state index in [1.807, 2.05) is 24.3 Å². The summed E-state index contributed by atoms with van der Waals surface area (Å²) in [6, 6.07) is 10.9. The van der Waals surface area contributed by atoms with Crippen molar-refractivity contribution in [1.29, 1.82) is 0 Å². The zero-order chi connectivity index (χ0) is 11.4. The predicted molar refractivity (Wildman–Crippen MR) is 63.0 cm³/mol. The first kappa shape index (κ1) is 10.8. The van der Waals surface area contributed by atoms with Crippen LogP contribution in [0.4, 0.5) is 0 Å². The number of phenols is 1. The third-order valence-corrected chi connectivity index (χ3v) is 2.95. The molecule has 3 nitrogen and oxygen atoms in total. The van der Waals surface area contributed by atoms with E-state index in [4.69, 9.17) is 4.74 Å². The Labute approximate surface area is 98.1 Å².